The molecule has 16 heavy (non-hydrogen) atoms. The van der Waals surface area contributed by atoms with Gasteiger partial charge in [0.2, 0.25) is 0 Å². The second-order valence-corrected chi connectivity index (χ2v) is 3.92. The van der Waals surface area contributed by atoms with Gasteiger partial charge in [0.1, 0.15) is 0 Å². The molecule has 0 aliphatic heterocycles. The zero-order valence-electron chi connectivity index (χ0n) is 10.1. The summed E-state index contributed by atoms with van der Waals surface area (Å²) in [7, 11) is 1.40. The first-order valence-electron chi connectivity index (χ1n) is 5.50. The Bertz CT molecular complexity index is 363. The van der Waals surface area contributed by atoms with Gasteiger partial charge in [0.05, 0.1) is 13.0 Å². The van der Waals surface area contributed by atoms with E-state index in [1.165, 1.54) is 7.11 Å². The van der Waals surface area contributed by atoms with Crippen molar-refractivity contribution < 1.29 is 9.53 Å². The fraction of sp³-hybridized carbons (Fsp3) is 0.462. The van der Waals surface area contributed by atoms with Crippen molar-refractivity contribution in [1.29, 1.82) is 0 Å². The summed E-state index contributed by atoms with van der Waals surface area (Å²) in [5.41, 5.74) is 8.25. The Morgan fingerprint density at radius 1 is 1.44 bits per heavy atom. The molecular weight excluding hydrogens is 202 g/mol. The fourth-order valence-electron chi connectivity index (χ4n) is 1.90. The SMILES string of the molecule is CCC(C(=O)OC)C(N)c1ccccc1C. The largest absolute Gasteiger partial charge is 0.469 e. The highest BCUT2D eigenvalue weighted by Crippen LogP contribution is 2.25. The Morgan fingerprint density at radius 3 is 2.56 bits per heavy atom. The number of methoxy groups -OCH3 is 1. The fourth-order valence-corrected chi connectivity index (χ4v) is 1.90. The molecular formula is C13H19NO2. The van der Waals surface area contributed by atoms with Crippen molar-refractivity contribution in [3.63, 3.8) is 0 Å². The van der Waals surface area contributed by atoms with Crippen molar-refractivity contribution in [2.45, 2.75) is 26.3 Å². The van der Waals surface area contributed by atoms with Crippen LogP contribution in [0.2, 0.25) is 0 Å². The smallest absolute Gasteiger partial charge is 0.310 e. The number of ether oxygens (including phenoxy) is 1. The zero-order chi connectivity index (χ0) is 12.1. The second-order valence-electron chi connectivity index (χ2n) is 3.92. The summed E-state index contributed by atoms with van der Waals surface area (Å²) in [6.07, 6.45) is 0.683. The van der Waals surface area contributed by atoms with Crippen LogP contribution in [0.1, 0.15) is 30.5 Å². The monoisotopic (exact) mass is 221 g/mol. The maximum Gasteiger partial charge on any atom is 0.310 e. The van der Waals surface area contributed by atoms with Gasteiger partial charge in [-0.25, -0.2) is 0 Å². The molecule has 2 atom stereocenters. The number of carbonyl (C=O) groups is 1. The predicted octanol–water partition coefficient (Wildman–Crippen LogP) is 2.19. The Hall–Kier alpha value is -1.35. The van der Waals surface area contributed by atoms with Crippen molar-refractivity contribution >= 4 is 5.97 Å². The first-order valence-corrected chi connectivity index (χ1v) is 5.50. The average Bonchev–Trinajstić information content (AvgIpc) is 2.30. The molecule has 2 N–H and O–H groups in total. The summed E-state index contributed by atoms with van der Waals surface area (Å²) in [6.45, 7) is 3.94. The summed E-state index contributed by atoms with van der Waals surface area (Å²) in [6, 6.07) is 7.57. The summed E-state index contributed by atoms with van der Waals surface area (Å²) in [4.78, 5) is 11.6. The molecule has 1 rings (SSSR count). The average molecular weight is 221 g/mol. The normalized spacial score (nSPS) is 14.2. The van der Waals surface area contributed by atoms with Gasteiger partial charge in [-0.2, -0.15) is 0 Å². The van der Waals surface area contributed by atoms with Crippen LogP contribution in [-0.4, -0.2) is 13.1 Å². The molecule has 1 aromatic rings. The summed E-state index contributed by atoms with van der Waals surface area (Å²) in [5.74, 6) is -0.510. The highest BCUT2D eigenvalue weighted by molar-refractivity contribution is 5.73. The Kier molecular flexibility index (Phi) is 4.50. The number of benzene rings is 1. The van der Waals surface area contributed by atoms with Gasteiger partial charge in [-0.05, 0) is 24.5 Å². The van der Waals surface area contributed by atoms with E-state index in [0.717, 1.165) is 11.1 Å². The molecule has 0 heterocycles. The van der Waals surface area contributed by atoms with Crippen molar-refractivity contribution in [2.75, 3.05) is 7.11 Å². The predicted molar refractivity (Wildman–Crippen MR) is 63.9 cm³/mol. The van der Waals surface area contributed by atoms with E-state index in [0.29, 0.717) is 6.42 Å². The van der Waals surface area contributed by atoms with Gasteiger partial charge in [0.15, 0.2) is 0 Å². The number of esters is 1. The molecule has 0 fully saturated rings. The van der Waals surface area contributed by atoms with E-state index in [1.807, 2.05) is 38.1 Å². The molecule has 88 valence electrons. The molecule has 0 aliphatic carbocycles. The molecule has 0 radical (unpaired) electrons. The summed E-state index contributed by atoms with van der Waals surface area (Å²) in [5, 5.41) is 0. The van der Waals surface area contributed by atoms with Gasteiger partial charge in [-0.1, -0.05) is 31.2 Å². The van der Waals surface area contributed by atoms with Crippen molar-refractivity contribution in [3.8, 4) is 0 Å². The van der Waals surface area contributed by atoms with Gasteiger partial charge in [-0.15, -0.1) is 0 Å². The van der Waals surface area contributed by atoms with Gasteiger partial charge >= 0.3 is 5.97 Å². The topological polar surface area (TPSA) is 52.3 Å². The minimum absolute atomic E-state index is 0.238. The van der Waals surface area contributed by atoms with Crippen LogP contribution in [0.3, 0.4) is 0 Å². The van der Waals surface area contributed by atoms with Gasteiger partial charge in [0.25, 0.3) is 0 Å². The number of rotatable bonds is 4. The highest BCUT2D eigenvalue weighted by atomic mass is 16.5. The first-order chi connectivity index (χ1) is 7.61. The van der Waals surface area contributed by atoms with Crippen molar-refractivity contribution in [1.82, 2.24) is 0 Å². The van der Waals surface area contributed by atoms with E-state index in [4.69, 9.17) is 10.5 Å². The number of hydrogen-bond donors (Lipinski definition) is 1. The Balaban J connectivity index is 2.95. The number of aryl methyl sites for hydroxylation is 1. The van der Waals surface area contributed by atoms with E-state index in [-0.39, 0.29) is 17.9 Å². The Labute approximate surface area is 96.6 Å². The first kappa shape index (κ1) is 12.7. The van der Waals surface area contributed by atoms with Gasteiger partial charge in [-0.3, -0.25) is 4.79 Å². The van der Waals surface area contributed by atoms with Crippen LogP contribution < -0.4 is 5.73 Å². The molecule has 0 saturated carbocycles. The minimum Gasteiger partial charge on any atom is -0.469 e. The third-order valence-corrected chi connectivity index (χ3v) is 2.92. The maximum atomic E-state index is 11.6. The molecule has 3 nitrogen and oxygen atoms in total. The van der Waals surface area contributed by atoms with Crippen LogP contribution in [-0.2, 0) is 9.53 Å². The molecule has 0 bridgehead atoms. The lowest BCUT2D eigenvalue weighted by Crippen LogP contribution is -2.29. The lowest BCUT2D eigenvalue weighted by atomic mass is 9.89. The molecule has 1 aromatic carbocycles. The van der Waals surface area contributed by atoms with Crippen molar-refractivity contribution in [3.05, 3.63) is 35.4 Å². The molecule has 0 aromatic heterocycles. The third-order valence-electron chi connectivity index (χ3n) is 2.92. The molecule has 0 spiro atoms. The second kappa shape index (κ2) is 5.66. The van der Waals surface area contributed by atoms with Crippen LogP contribution in [0, 0.1) is 12.8 Å². The van der Waals surface area contributed by atoms with E-state index < -0.39 is 0 Å². The van der Waals surface area contributed by atoms with Crippen LogP contribution in [0.5, 0.6) is 0 Å². The van der Waals surface area contributed by atoms with E-state index in [9.17, 15) is 4.79 Å². The van der Waals surface area contributed by atoms with Crippen LogP contribution in [0.25, 0.3) is 0 Å². The number of hydrogen-bond acceptors (Lipinski definition) is 3. The number of nitrogens with two attached hydrogens (primary N) is 1. The summed E-state index contributed by atoms with van der Waals surface area (Å²) < 4.78 is 4.77. The minimum atomic E-state index is -0.293. The molecule has 3 heteroatoms. The van der Waals surface area contributed by atoms with Crippen LogP contribution >= 0.6 is 0 Å². The summed E-state index contributed by atoms with van der Waals surface area (Å²) >= 11 is 0. The van der Waals surface area contributed by atoms with Gasteiger partial charge < -0.3 is 10.5 Å². The van der Waals surface area contributed by atoms with Crippen LogP contribution in [0.4, 0.5) is 0 Å². The quantitative estimate of drug-likeness (QED) is 0.793. The third kappa shape index (κ3) is 2.61. The Morgan fingerprint density at radius 2 is 2.06 bits per heavy atom. The molecule has 2 unspecified atom stereocenters. The molecule has 0 aliphatic rings. The number of carbonyl (C=O) groups excluding carboxylic acids is 1. The van der Waals surface area contributed by atoms with E-state index >= 15 is 0 Å². The lowest BCUT2D eigenvalue weighted by Gasteiger charge is -2.22. The zero-order valence-corrected chi connectivity index (χ0v) is 10.1. The maximum absolute atomic E-state index is 11.6. The van der Waals surface area contributed by atoms with Crippen LogP contribution in [0.15, 0.2) is 24.3 Å². The lowest BCUT2D eigenvalue weighted by molar-refractivity contribution is -0.146. The molecule has 0 saturated heterocycles. The highest BCUT2D eigenvalue weighted by Gasteiger charge is 2.26. The van der Waals surface area contributed by atoms with E-state index in [2.05, 4.69) is 0 Å². The standard InChI is InChI=1S/C13H19NO2/c1-4-10(13(15)16-3)12(14)11-8-6-5-7-9(11)2/h5-8,10,12H,4,14H2,1-3H3. The van der Waals surface area contributed by atoms with Gasteiger partial charge in [0, 0.05) is 6.04 Å². The molecule has 0 amide bonds. The van der Waals surface area contributed by atoms with E-state index in [1.54, 1.807) is 0 Å². The van der Waals surface area contributed by atoms with Crippen molar-refractivity contribution in [2.24, 2.45) is 11.7 Å².